The summed E-state index contributed by atoms with van der Waals surface area (Å²) in [6, 6.07) is -0.819. The van der Waals surface area contributed by atoms with Gasteiger partial charge in [-0.1, -0.05) is 174 Å². The van der Waals surface area contributed by atoms with E-state index in [-0.39, 0.29) is 19.1 Å². The zero-order valence-electron chi connectivity index (χ0n) is 39.1. The van der Waals surface area contributed by atoms with Crippen LogP contribution in [0, 0.1) is 0 Å². The molecule has 0 bridgehead atoms. The van der Waals surface area contributed by atoms with Gasteiger partial charge in [0, 0.05) is 6.42 Å². The standard InChI is InChI=1S/C52H87N2O6P/c1-6-8-10-12-13-14-15-16-17-18-19-20-21-22-23-24-25-26-27-28-29-30-31-32-33-34-35-36-37-38-39-40-41-42-44-46-52(56)53-50(51(55)45-43-11-9-7-2)49-60-61(57,58)59-48-47-54(3,4)5/h8,10,13-14,16-17,19-20,22-23,25-26,28-29,31-32,34-35,37-38,50-51,55H,6-7,9,11-12,15,18,21,24,27,30,33,36,39-49H2,1-5H3,(H-,53,56,57,58)/b10-8-,14-13-,17-16-,20-19-,23-22-,26-25-,29-28-,32-31-,35-34-,38-37-. The number of amides is 1. The summed E-state index contributed by atoms with van der Waals surface area (Å²) in [5, 5.41) is 13.6. The van der Waals surface area contributed by atoms with Gasteiger partial charge in [-0.25, -0.2) is 0 Å². The number of phosphoric acid groups is 1. The summed E-state index contributed by atoms with van der Waals surface area (Å²) in [6.45, 7) is 4.41. The summed E-state index contributed by atoms with van der Waals surface area (Å²) in [7, 11) is 1.26. The van der Waals surface area contributed by atoms with Crippen LogP contribution in [0.1, 0.15) is 149 Å². The van der Waals surface area contributed by atoms with Crippen LogP contribution in [0.4, 0.5) is 0 Å². The molecule has 0 heterocycles. The van der Waals surface area contributed by atoms with Crippen LogP contribution in [0.5, 0.6) is 0 Å². The molecule has 0 aromatic carbocycles. The maximum atomic E-state index is 12.7. The molecular formula is C52H87N2O6P. The second kappa shape index (κ2) is 42.2. The number of unbranched alkanes of at least 4 members (excludes halogenated alkanes) is 7. The van der Waals surface area contributed by atoms with Crippen molar-refractivity contribution in [2.24, 2.45) is 0 Å². The number of hydrogen-bond acceptors (Lipinski definition) is 6. The fourth-order valence-electron chi connectivity index (χ4n) is 5.77. The van der Waals surface area contributed by atoms with Crippen molar-refractivity contribution in [3.05, 3.63) is 122 Å². The van der Waals surface area contributed by atoms with Gasteiger partial charge < -0.3 is 28.8 Å². The third-order valence-electron chi connectivity index (χ3n) is 9.46. The smallest absolute Gasteiger partial charge is 0.268 e. The lowest BCUT2D eigenvalue weighted by Gasteiger charge is -2.30. The molecule has 61 heavy (non-hydrogen) atoms. The average molecular weight is 867 g/mol. The lowest BCUT2D eigenvalue weighted by Crippen LogP contribution is -2.46. The van der Waals surface area contributed by atoms with Crippen molar-refractivity contribution in [3.8, 4) is 0 Å². The lowest BCUT2D eigenvalue weighted by molar-refractivity contribution is -0.870. The van der Waals surface area contributed by atoms with Crippen molar-refractivity contribution in [3.63, 3.8) is 0 Å². The number of carbonyl (C=O) groups is 1. The van der Waals surface area contributed by atoms with Gasteiger partial charge in [0.25, 0.3) is 7.82 Å². The van der Waals surface area contributed by atoms with Crippen LogP contribution in [-0.2, 0) is 18.4 Å². The second-order valence-corrected chi connectivity index (χ2v) is 17.8. The Hall–Kier alpha value is -3.10. The van der Waals surface area contributed by atoms with Crippen molar-refractivity contribution in [1.29, 1.82) is 0 Å². The van der Waals surface area contributed by atoms with E-state index in [0.29, 0.717) is 23.9 Å². The zero-order valence-corrected chi connectivity index (χ0v) is 39.9. The second-order valence-electron chi connectivity index (χ2n) is 16.4. The maximum absolute atomic E-state index is 12.7. The van der Waals surface area contributed by atoms with Crippen molar-refractivity contribution < 1.29 is 32.9 Å². The molecule has 3 unspecified atom stereocenters. The van der Waals surface area contributed by atoms with Crippen LogP contribution < -0.4 is 10.2 Å². The minimum Gasteiger partial charge on any atom is -0.756 e. The zero-order chi connectivity index (χ0) is 45.0. The number of allylic oxidation sites excluding steroid dienone is 20. The first-order valence-corrected chi connectivity index (χ1v) is 24.8. The quantitative estimate of drug-likeness (QED) is 0.0275. The number of rotatable bonds is 40. The highest BCUT2D eigenvalue weighted by molar-refractivity contribution is 7.45. The topological polar surface area (TPSA) is 108 Å². The molecule has 0 aromatic heterocycles. The summed E-state index contributed by atoms with van der Waals surface area (Å²) in [5.74, 6) is -0.206. The molecule has 8 nitrogen and oxygen atoms in total. The molecule has 346 valence electrons. The number of likely N-dealkylation sites (N-methyl/N-ethyl adjacent to an activating group) is 1. The Labute approximate surface area is 374 Å². The monoisotopic (exact) mass is 867 g/mol. The first kappa shape index (κ1) is 57.9. The van der Waals surface area contributed by atoms with E-state index in [0.717, 1.165) is 122 Å². The van der Waals surface area contributed by atoms with Gasteiger partial charge in [0.05, 0.1) is 39.9 Å². The highest BCUT2D eigenvalue weighted by atomic mass is 31.2. The third kappa shape index (κ3) is 44.8. The summed E-state index contributed by atoms with van der Waals surface area (Å²) in [5.41, 5.74) is 0. The van der Waals surface area contributed by atoms with Gasteiger partial charge in [-0.05, 0) is 89.9 Å². The van der Waals surface area contributed by atoms with Gasteiger partial charge in [-0.15, -0.1) is 0 Å². The van der Waals surface area contributed by atoms with Crippen molar-refractivity contribution >= 4 is 13.7 Å². The fourth-order valence-corrected chi connectivity index (χ4v) is 6.49. The van der Waals surface area contributed by atoms with E-state index in [1.54, 1.807) is 0 Å². The molecule has 0 aromatic rings. The predicted octanol–water partition coefficient (Wildman–Crippen LogP) is 12.8. The van der Waals surface area contributed by atoms with Crippen LogP contribution in [-0.4, -0.2) is 68.5 Å². The van der Waals surface area contributed by atoms with E-state index in [1.807, 2.05) is 21.1 Å². The minimum absolute atomic E-state index is 0.00167. The number of quaternary nitrogens is 1. The van der Waals surface area contributed by atoms with Crippen molar-refractivity contribution in [2.75, 3.05) is 40.9 Å². The first-order chi connectivity index (χ1) is 29.5. The highest BCUT2D eigenvalue weighted by Crippen LogP contribution is 2.38. The highest BCUT2D eigenvalue weighted by Gasteiger charge is 2.24. The van der Waals surface area contributed by atoms with Crippen LogP contribution in [0.3, 0.4) is 0 Å². The molecule has 9 heteroatoms. The first-order valence-electron chi connectivity index (χ1n) is 23.4. The lowest BCUT2D eigenvalue weighted by atomic mass is 10.0. The summed E-state index contributed by atoms with van der Waals surface area (Å²) < 4.78 is 23.0. The number of aliphatic hydroxyl groups excluding tert-OH is 1. The molecule has 0 spiro atoms. The molecule has 0 saturated heterocycles. The Morgan fingerprint density at radius 1 is 0.590 bits per heavy atom. The van der Waals surface area contributed by atoms with Gasteiger partial charge >= 0.3 is 0 Å². The van der Waals surface area contributed by atoms with E-state index < -0.39 is 20.0 Å². The molecule has 2 N–H and O–H groups in total. The molecule has 0 saturated carbocycles. The molecular weight excluding hydrogens is 780 g/mol. The predicted molar refractivity (Wildman–Crippen MR) is 260 cm³/mol. The molecule has 1 amide bonds. The molecule has 0 aliphatic rings. The van der Waals surface area contributed by atoms with E-state index in [4.69, 9.17) is 9.05 Å². The Kier molecular flexibility index (Phi) is 40.1. The van der Waals surface area contributed by atoms with Crippen LogP contribution in [0.2, 0.25) is 0 Å². The van der Waals surface area contributed by atoms with E-state index in [1.165, 1.54) is 0 Å². The van der Waals surface area contributed by atoms with Gasteiger partial charge in [-0.2, -0.15) is 0 Å². The van der Waals surface area contributed by atoms with Crippen molar-refractivity contribution in [1.82, 2.24) is 5.32 Å². The molecule has 3 atom stereocenters. The normalized spacial score (nSPS) is 15.3. The number of hydrogen-bond donors (Lipinski definition) is 2. The third-order valence-corrected chi connectivity index (χ3v) is 10.4. The molecule has 0 rings (SSSR count). The summed E-state index contributed by atoms with van der Waals surface area (Å²) in [4.78, 5) is 25.1. The van der Waals surface area contributed by atoms with E-state index in [2.05, 4.69) is 141 Å². The Bertz CT molecular complexity index is 1400. The van der Waals surface area contributed by atoms with Crippen LogP contribution >= 0.6 is 7.82 Å². The molecule has 0 aliphatic heterocycles. The van der Waals surface area contributed by atoms with Gasteiger partial charge in [0.2, 0.25) is 5.91 Å². The molecule has 0 aliphatic carbocycles. The van der Waals surface area contributed by atoms with Crippen LogP contribution in [0.15, 0.2) is 122 Å². The van der Waals surface area contributed by atoms with E-state index >= 15 is 0 Å². The van der Waals surface area contributed by atoms with Crippen molar-refractivity contribution in [2.45, 2.75) is 161 Å². The average Bonchev–Trinajstić information content (AvgIpc) is 3.21. The van der Waals surface area contributed by atoms with Gasteiger partial charge in [0.15, 0.2) is 0 Å². The Morgan fingerprint density at radius 3 is 1.43 bits per heavy atom. The SMILES string of the molecule is CC/C=C\C/C=C\C/C=C\C/C=C\C/C=C\C/C=C\C/C=C\C/C=C\C/C=C\C/C=C\CCCCCCC(=O)NC(COP(=O)([O-])OCC[N+](C)(C)C)C(O)CCCCCC. The summed E-state index contributed by atoms with van der Waals surface area (Å²) >= 11 is 0. The number of nitrogens with zero attached hydrogens (tertiary/aromatic N) is 1. The largest absolute Gasteiger partial charge is 0.756 e. The molecule has 0 fully saturated rings. The maximum Gasteiger partial charge on any atom is 0.268 e. The minimum atomic E-state index is -4.56. The van der Waals surface area contributed by atoms with Gasteiger partial charge in [-0.3, -0.25) is 9.36 Å². The summed E-state index contributed by atoms with van der Waals surface area (Å²) in [6.07, 6.45) is 62.9. The van der Waals surface area contributed by atoms with Crippen LogP contribution in [0.25, 0.3) is 0 Å². The number of phosphoric ester groups is 1. The van der Waals surface area contributed by atoms with Gasteiger partial charge in [0.1, 0.15) is 13.2 Å². The Balaban J connectivity index is 4.05. The Morgan fingerprint density at radius 2 is 1.00 bits per heavy atom. The fraction of sp³-hybridized carbons (Fsp3) is 0.596. The number of nitrogens with one attached hydrogen (secondary N) is 1. The number of aliphatic hydroxyl groups is 1. The van der Waals surface area contributed by atoms with E-state index in [9.17, 15) is 19.4 Å². The number of carbonyl (C=O) groups excluding carboxylic acids is 1. The molecule has 0 radical (unpaired) electrons.